The van der Waals surface area contributed by atoms with Gasteiger partial charge in [-0.2, -0.15) is 0 Å². The van der Waals surface area contributed by atoms with Crippen molar-refractivity contribution >= 4 is 5.78 Å². The monoisotopic (exact) mass is 275 g/mol. The van der Waals surface area contributed by atoms with E-state index in [4.69, 9.17) is 9.47 Å². The van der Waals surface area contributed by atoms with Gasteiger partial charge in [0.15, 0.2) is 0 Å². The highest BCUT2D eigenvalue weighted by Crippen LogP contribution is 2.25. The fourth-order valence-corrected chi connectivity index (χ4v) is 1.83. The Bertz CT molecular complexity index is 628. The quantitative estimate of drug-likeness (QED) is 0.787. The highest BCUT2D eigenvalue weighted by Gasteiger charge is 2.19. The number of carbonyl (C=O) groups excluding carboxylic acids is 1. The number of aromatic nitrogens is 1. The lowest BCUT2D eigenvalue weighted by atomic mass is 10.0. The zero-order valence-corrected chi connectivity index (χ0v) is 11.2. The topological polar surface area (TPSA) is 48.4 Å². The van der Waals surface area contributed by atoms with Gasteiger partial charge in [-0.15, -0.1) is 0 Å². The number of methoxy groups -OCH3 is 1. The minimum atomic E-state index is -0.629. The van der Waals surface area contributed by atoms with Gasteiger partial charge in [0.25, 0.3) is 0 Å². The van der Waals surface area contributed by atoms with Crippen LogP contribution in [0.1, 0.15) is 22.8 Å². The normalized spacial score (nSPS) is 10.2. The van der Waals surface area contributed by atoms with Crippen molar-refractivity contribution in [1.82, 2.24) is 4.98 Å². The van der Waals surface area contributed by atoms with Gasteiger partial charge in [0.2, 0.25) is 5.78 Å². The molecule has 2 aromatic rings. The first-order valence-corrected chi connectivity index (χ1v) is 6.12. The lowest BCUT2D eigenvalue weighted by Gasteiger charge is -2.09. The molecule has 1 aromatic heterocycles. The molecule has 0 amide bonds. The van der Waals surface area contributed by atoms with E-state index in [0.717, 1.165) is 0 Å². The maximum absolute atomic E-state index is 13.9. The molecule has 20 heavy (non-hydrogen) atoms. The minimum Gasteiger partial charge on any atom is -0.496 e. The Hall–Kier alpha value is -2.43. The first-order valence-electron chi connectivity index (χ1n) is 6.12. The van der Waals surface area contributed by atoms with Gasteiger partial charge in [0.1, 0.15) is 22.9 Å². The van der Waals surface area contributed by atoms with Gasteiger partial charge < -0.3 is 9.47 Å². The van der Waals surface area contributed by atoms with Crippen molar-refractivity contribution in [2.45, 2.75) is 6.92 Å². The van der Waals surface area contributed by atoms with Gasteiger partial charge in [0.05, 0.1) is 19.9 Å². The smallest absolute Gasteiger partial charge is 0.201 e. The summed E-state index contributed by atoms with van der Waals surface area (Å²) in [6.45, 7) is 2.29. The van der Waals surface area contributed by atoms with Crippen LogP contribution < -0.4 is 9.47 Å². The van der Waals surface area contributed by atoms with Crippen molar-refractivity contribution in [3.63, 3.8) is 0 Å². The van der Waals surface area contributed by atoms with Gasteiger partial charge in [-0.1, -0.05) is 6.07 Å². The van der Waals surface area contributed by atoms with Gasteiger partial charge in [-0.3, -0.25) is 9.78 Å². The highest BCUT2D eigenvalue weighted by atomic mass is 19.1. The maximum atomic E-state index is 13.9. The predicted molar refractivity (Wildman–Crippen MR) is 71.8 cm³/mol. The van der Waals surface area contributed by atoms with Crippen LogP contribution in [-0.4, -0.2) is 24.5 Å². The molecule has 0 saturated carbocycles. The molecule has 1 heterocycles. The van der Waals surface area contributed by atoms with Crippen LogP contribution in [0.25, 0.3) is 0 Å². The number of pyridine rings is 1. The van der Waals surface area contributed by atoms with E-state index in [0.29, 0.717) is 12.4 Å². The third-order valence-corrected chi connectivity index (χ3v) is 2.71. The lowest BCUT2D eigenvalue weighted by molar-refractivity contribution is 0.103. The summed E-state index contributed by atoms with van der Waals surface area (Å²) in [6.07, 6.45) is 2.87. The molecule has 104 valence electrons. The van der Waals surface area contributed by atoms with Crippen LogP contribution in [0.15, 0.2) is 36.7 Å². The van der Waals surface area contributed by atoms with E-state index in [1.807, 2.05) is 6.92 Å². The molecule has 0 aliphatic carbocycles. The largest absolute Gasteiger partial charge is 0.496 e. The molecule has 0 aliphatic heterocycles. The average molecular weight is 275 g/mol. The Kier molecular flexibility index (Phi) is 4.30. The van der Waals surface area contributed by atoms with E-state index in [2.05, 4.69) is 4.98 Å². The molecule has 0 atom stereocenters. The Balaban J connectivity index is 2.43. The Morgan fingerprint density at radius 3 is 2.85 bits per heavy atom. The van der Waals surface area contributed by atoms with E-state index in [1.165, 1.54) is 43.8 Å². The Labute approximate surface area is 116 Å². The van der Waals surface area contributed by atoms with Gasteiger partial charge in [-0.25, -0.2) is 4.39 Å². The van der Waals surface area contributed by atoms with Crippen LogP contribution in [0.3, 0.4) is 0 Å². The Morgan fingerprint density at radius 1 is 1.35 bits per heavy atom. The van der Waals surface area contributed by atoms with Crippen molar-refractivity contribution in [2.24, 2.45) is 0 Å². The predicted octanol–water partition coefficient (Wildman–Crippen LogP) is 2.86. The van der Waals surface area contributed by atoms with Crippen LogP contribution in [-0.2, 0) is 0 Å². The SMILES string of the molecule is CCOc1cncc(C(=O)c2c(F)cccc2OC)c1. The summed E-state index contributed by atoms with van der Waals surface area (Å²) in [6, 6.07) is 5.77. The van der Waals surface area contributed by atoms with E-state index >= 15 is 0 Å². The fraction of sp³-hybridized carbons (Fsp3) is 0.200. The number of hydrogen-bond acceptors (Lipinski definition) is 4. The number of benzene rings is 1. The van der Waals surface area contributed by atoms with Gasteiger partial charge in [-0.05, 0) is 25.1 Å². The molecule has 0 saturated heterocycles. The van der Waals surface area contributed by atoms with E-state index < -0.39 is 11.6 Å². The number of hydrogen-bond donors (Lipinski definition) is 0. The van der Waals surface area contributed by atoms with Crippen molar-refractivity contribution in [3.8, 4) is 11.5 Å². The summed E-state index contributed by atoms with van der Waals surface area (Å²) in [5, 5.41) is 0. The second-order valence-electron chi connectivity index (χ2n) is 3.99. The molecule has 5 heteroatoms. The fourth-order valence-electron chi connectivity index (χ4n) is 1.83. The second kappa shape index (κ2) is 6.14. The molecule has 0 radical (unpaired) electrons. The maximum Gasteiger partial charge on any atom is 0.201 e. The molecule has 0 aliphatic rings. The summed E-state index contributed by atoms with van der Waals surface area (Å²) in [7, 11) is 1.39. The van der Waals surface area contributed by atoms with E-state index in [-0.39, 0.29) is 16.9 Å². The second-order valence-corrected chi connectivity index (χ2v) is 3.99. The number of halogens is 1. The molecule has 0 bridgehead atoms. The number of carbonyl (C=O) groups is 1. The summed E-state index contributed by atoms with van der Waals surface area (Å²) in [5.74, 6) is -0.462. The molecule has 0 spiro atoms. The van der Waals surface area contributed by atoms with Crippen LogP contribution in [0, 0.1) is 5.82 Å². The summed E-state index contributed by atoms with van der Waals surface area (Å²) < 4.78 is 24.2. The van der Waals surface area contributed by atoms with Gasteiger partial charge >= 0.3 is 0 Å². The average Bonchev–Trinajstić information content (AvgIpc) is 2.47. The molecule has 0 fully saturated rings. The summed E-state index contributed by atoms with van der Waals surface area (Å²) in [4.78, 5) is 16.3. The van der Waals surface area contributed by atoms with Crippen LogP contribution >= 0.6 is 0 Å². The lowest BCUT2D eigenvalue weighted by Crippen LogP contribution is -2.07. The molecule has 0 N–H and O–H groups in total. The van der Waals surface area contributed by atoms with E-state index in [9.17, 15) is 9.18 Å². The molecular weight excluding hydrogens is 261 g/mol. The van der Waals surface area contributed by atoms with Gasteiger partial charge in [0, 0.05) is 11.8 Å². The van der Waals surface area contributed by atoms with Crippen molar-refractivity contribution in [2.75, 3.05) is 13.7 Å². The molecular formula is C15H14FNO3. The number of nitrogens with zero attached hydrogens (tertiary/aromatic N) is 1. The molecule has 1 aromatic carbocycles. The Morgan fingerprint density at radius 2 is 2.15 bits per heavy atom. The third-order valence-electron chi connectivity index (χ3n) is 2.71. The minimum absolute atomic E-state index is 0.106. The first-order chi connectivity index (χ1) is 9.67. The zero-order valence-electron chi connectivity index (χ0n) is 11.2. The molecule has 2 rings (SSSR count). The third kappa shape index (κ3) is 2.77. The van der Waals surface area contributed by atoms with Crippen LogP contribution in [0.4, 0.5) is 4.39 Å². The zero-order chi connectivity index (χ0) is 14.5. The standard InChI is InChI=1S/C15H14FNO3/c1-3-20-11-7-10(8-17-9-11)15(18)14-12(16)5-4-6-13(14)19-2/h4-9H,3H2,1-2H3. The number of ether oxygens (including phenoxy) is 2. The van der Waals surface area contributed by atoms with Crippen molar-refractivity contribution in [1.29, 1.82) is 0 Å². The number of ketones is 1. The summed E-state index contributed by atoms with van der Waals surface area (Å²) in [5.41, 5.74) is 0.143. The van der Waals surface area contributed by atoms with Crippen LogP contribution in [0.2, 0.25) is 0 Å². The van der Waals surface area contributed by atoms with Crippen LogP contribution in [0.5, 0.6) is 11.5 Å². The molecule has 0 unspecified atom stereocenters. The number of rotatable bonds is 5. The highest BCUT2D eigenvalue weighted by molar-refractivity contribution is 6.10. The summed E-state index contributed by atoms with van der Waals surface area (Å²) >= 11 is 0. The van der Waals surface area contributed by atoms with Crippen molar-refractivity contribution in [3.05, 3.63) is 53.6 Å². The molecule has 4 nitrogen and oxygen atoms in total. The van der Waals surface area contributed by atoms with E-state index in [1.54, 1.807) is 0 Å². The first kappa shape index (κ1) is 14.0. The van der Waals surface area contributed by atoms with Crippen molar-refractivity contribution < 1.29 is 18.7 Å².